The van der Waals surface area contributed by atoms with E-state index < -0.39 is 12.1 Å². The molecular weight excluding hydrogens is 421 g/mol. The number of likely N-dealkylation sites (tertiary alicyclic amines) is 1. The summed E-state index contributed by atoms with van der Waals surface area (Å²) in [6.45, 7) is 2.81. The molecule has 1 aromatic rings. The highest BCUT2D eigenvalue weighted by atomic mass is 19.4. The van der Waals surface area contributed by atoms with Crippen LogP contribution in [0.1, 0.15) is 25.7 Å². The molecule has 0 aliphatic carbocycles. The number of carbonyl (C=O) groups excluding carboxylic acids is 1. The number of aromatic nitrogens is 1. The van der Waals surface area contributed by atoms with E-state index in [1.807, 2.05) is 23.1 Å². The molecule has 172 valence electrons. The number of amides is 1. The number of hydrogen-bond acceptors (Lipinski definition) is 6. The number of aliphatic carboxylic acids is 1. The molecule has 3 atom stereocenters. The van der Waals surface area contributed by atoms with Crippen LogP contribution in [0.15, 0.2) is 24.4 Å². The fraction of sp³-hybridized carbons (Fsp3) is 0.650. The molecule has 1 N–H and O–H groups in total. The number of pyridine rings is 1. The van der Waals surface area contributed by atoms with Crippen LogP contribution in [0.25, 0.3) is 0 Å². The van der Waals surface area contributed by atoms with Crippen LogP contribution < -0.4 is 4.74 Å². The van der Waals surface area contributed by atoms with Crippen molar-refractivity contribution in [1.82, 2.24) is 9.88 Å². The number of carboxylic acid groups (broad SMARTS) is 1. The molecule has 3 aliphatic heterocycles. The second-order valence-electron chi connectivity index (χ2n) is 7.53. The van der Waals surface area contributed by atoms with Gasteiger partial charge >= 0.3 is 12.1 Å². The van der Waals surface area contributed by atoms with Gasteiger partial charge in [-0.2, -0.15) is 13.2 Å². The fourth-order valence-corrected chi connectivity index (χ4v) is 4.04. The van der Waals surface area contributed by atoms with Gasteiger partial charge in [-0.3, -0.25) is 4.79 Å². The molecule has 0 unspecified atom stereocenters. The molecule has 0 radical (unpaired) electrons. The summed E-state index contributed by atoms with van der Waals surface area (Å²) in [4.78, 5) is 28.1. The standard InChI is InChI=1S/C18H24N2O4.C2HF3O2/c21-18(13-5-10-22-11-6-13)20-9-4-15(17-14(20)7-12-23-17)24-16-3-1-2-8-19-16;3-2(4,5)1(6)7/h1-3,8,13-15,17H,4-7,9-12H2;(H,6,7)/t14-,15+,17-;/m0./s1. The normalized spacial score (nSPS) is 26.4. The van der Waals surface area contributed by atoms with E-state index in [1.54, 1.807) is 6.20 Å². The summed E-state index contributed by atoms with van der Waals surface area (Å²) < 4.78 is 49.1. The first kappa shape index (κ1) is 23.3. The summed E-state index contributed by atoms with van der Waals surface area (Å²) >= 11 is 0. The lowest BCUT2D eigenvalue weighted by atomic mass is 9.91. The molecule has 1 aromatic heterocycles. The molecule has 4 rings (SSSR count). The average molecular weight is 446 g/mol. The van der Waals surface area contributed by atoms with Crippen molar-refractivity contribution in [2.24, 2.45) is 5.92 Å². The Labute approximate surface area is 177 Å². The molecule has 0 spiro atoms. The third kappa shape index (κ3) is 6.07. The molecule has 0 aromatic carbocycles. The van der Waals surface area contributed by atoms with Crippen LogP contribution >= 0.6 is 0 Å². The van der Waals surface area contributed by atoms with Crippen LogP contribution in [-0.2, 0) is 19.1 Å². The lowest BCUT2D eigenvalue weighted by Crippen LogP contribution is -2.57. The Kier molecular flexibility index (Phi) is 7.71. The number of nitrogens with zero attached hydrogens (tertiary/aromatic N) is 2. The van der Waals surface area contributed by atoms with E-state index in [9.17, 15) is 18.0 Å². The maximum atomic E-state index is 12.9. The summed E-state index contributed by atoms with van der Waals surface area (Å²) in [6, 6.07) is 5.78. The predicted molar refractivity (Wildman–Crippen MR) is 100 cm³/mol. The van der Waals surface area contributed by atoms with Crippen molar-refractivity contribution >= 4 is 11.9 Å². The third-order valence-corrected chi connectivity index (χ3v) is 5.53. The molecule has 1 amide bonds. The number of ether oxygens (including phenoxy) is 3. The Hall–Kier alpha value is -2.40. The number of alkyl halides is 3. The number of fused-ring (bicyclic) bond motifs is 1. The molecular formula is C20H25F3N2O6. The zero-order valence-corrected chi connectivity index (χ0v) is 16.8. The van der Waals surface area contributed by atoms with Gasteiger partial charge in [0.25, 0.3) is 0 Å². The van der Waals surface area contributed by atoms with E-state index in [0.717, 1.165) is 32.2 Å². The van der Waals surface area contributed by atoms with Crippen molar-refractivity contribution in [3.05, 3.63) is 24.4 Å². The van der Waals surface area contributed by atoms with Crippen LogP contribution in [0.4, 0.5) is 13.2 Å². The van der Waals surface area contributed by atoms with Crippen molar-refractivity contribution < 1.29 is 42.1 Å². The fourth-order valence-electron chi connectivity index (χ4n) is 4.04. The number of piperidine rings is 1. The highest BCUT2D eigenvalue weighted by molar-refractivity contribution is 5.79. The summed E-state index contributed by atoms with van der Waals surface area (Å²) in [5.74, 6) is -1.75. The Balaban J connectivity index is 0.000000339. The smallest absolute Gasteiger partial charge is 0.475 e. The Bertz CT molecular complexity index is 742. The number of carbonyl (C=O) groups is 2. The minimum absolute atomic E-state index is 0.0360. The molecule has 3 fully saturated rings. The lowest BCUT2D eigenvalue weighted by Gasteiger charge is -2.42. The lowest BCUT2D eigenvalue weighted by molar-refractivity contribution is -0.192. The van der Waals surface area contributed by atoms with Gasteiger partial charge in [0.15, 0.2) is 0 Å². The van der Waals surface area contributed by atoms with Gasteiger partial charge in [0.05, 0.1) is 6.04 Å². The van der Waals surface area contributed by atoms with Crippen LogP contribution in [0.3, 0.4) is 0 Å². The quantitative estimate of drug-likeness (QED) is 0.761. The first-order valence-corrected chi connectivity index (χ1v) is 10.1. The van der Waals surface area contributed by atoms with Gasteiger partial charge in [0, 0.05) is 51.0 Å². The molecule has 0 saturated carbocycles. The minimum atomic E-state index is -5.08. The molecule has 0 bridgehead atoms. The topological polar surface area (TPSA) is 98.2 Å². The van der Waals surface area contributed by atoms with E-state index in [2.05, 4.69) is 4.98 Å². The zero-order chi connectivity index (χ0) is 22.4. The highest BCUT2D eigenvalue weighted by Gasteiger charge is 2.46. The highest BCUT2D eigenvalue weighted by Crippen LogP contribution is 2.33. The number of rotatable bonds is 3. The van der Waals surface area contributed by atoms with E-state index in [-0.39, 0.29) is 30.1 Å². The SMILES string of the molecule is O=C(C1CCOCC1)N1CC[C@@H](Oc2ccccn2)[C@H]2OCC[C@@H]21.O=C(O)C(F)(F)F. The molecule has 31 heavy (non-hydrogen) atoms. The zero-order valence-electron chi connectivity index (χ0n) is 16.8. The van der Waals surface area contributed by atoms with Crippen LogP contribution in [0.5, 0.6) is 5.88 Å². The predicted octanol–water partition coefficient (Wildman–Crippen LogP) is 2.28. The summed E-state index contributed by atoms with van der Waals surface area (Å²) in [5, 5.41) is 7.12. The van der Waals surface area contributed by atoms with Crippen molar-refractivity contribution in [2.45, 2.75) is 50.1 Å². The van der Waals surface area contributed by atoms with Gasteiger partial charge in [-0.15, -0.1) is 0 Å². The van der Waals surface area contributed by atoms with Crippen molar-refractivity contribution in [2.75, 3.05) is 26.4 Å². The average Bonchev–Trinajstić information content (AvgIpc) is 3.25. The Morgan fingerprint density at radius 1 is 1.13 bits per heavy atom. The molecule has 3 aliphatic rings. The maximum absolute atomic E-state index is 12.9. The van der Waals surface area contributed by atoms with E-state index in [1.165, 1.54) is 0 Å². The van der Waals surface area contributed by atoms with Crippen molar-refractivity contribution in [3.8, 4) is 5.88 Å². The number of carboxylic acids is 1. The van der Waals surface area contributed by atoms with Gasteiger partial charge < -0.3 is 24.2 Å². The minimum Gasteiger partial charge on any atom is -0.475 e. The van der Waals surface area contributed by atoms with E-state index in [0.29, 0.717) is 25.7 Å². The molecule has 4 heterocycles. The Morgan fingerprint density at radius 2 is 1.84 bits per heavy atom. The van der Waals surface area contributed by atoms with E-state index >= 15 is 0 Å². The second kappa shape index (κ2) is 10.3. The Morgan fingerprint density at radius 3 is 2.45 bits per heavy atom. The summed E-state index contributed by atoms with van der Waals surface area (Å²) in [5.41, 5.74) is 0. The van der Waals surface area contributed by atoms with Gasteiger partial charge in [0.2, 0.25) is 11.8 Å². The van der Waals surface area contributed by atoms with Gasteiger partial charge in [-0.1, -0.05) is 6.07 Å². The van der Waals surface area contributed by atoms with Crippen LogP contribution in [0, 0.1) is 5.92 Å². The van der Waals surface area contributed by atoms with Gasteiger partial charge in [-0.25, -0.2) is 9.78 Å². The maximum Gasteiger partial charge on any atom is 0.490 e. The molecule has 11 heteroatoms. The van der Waals surface area contributed by atoms with Gasteiger partial charge in [0.1, 0.15) is 12.2 Å². The monoisotopic (exact) mass is 446 g/mol. The van der Waals surface area contributed by atoms with Crippen LogP contribution in [0.2, 0.25) is 0 Å². The summed E-state index contributed by atoms with van der Waals surface area (Å²) in [7, 11) is 0. The molecule has 8 nitrogen and oxygen atoms in total. The van der Waals surface area contributed by atoms with E-state index in [4.69, 9.17) is 24.1 Å². The second-order valence-corrected chi connectivity index (χ2v) is 7.53. The number of hydrogen-bond donors (Lipinski definition) is 1. The van der Waals surface area contributed by atoms with Crippen molar-refractivity contribution in [1.29, 1.82) is 0 Å². The van der Waals surface area contributed by atoms with Crippen molar-refractivity contribution in [3.63, 3.8) is 0 Å². The number of halogens is 3. The largest absolute Gasteiger partial charge is 0.490 e. The first-order chi connectivity index (χ1) is 14.8. The third-order valence-electron chi connectivity index (χ3n) is 5.53. The first-order valence-electron chi connectivity index (χ1n) is 10.1. The summed E-state index contributed by atoms with van der Waals surface area (Å²) in [6.07, 6.45) is -0.0978. The van der Waals surface area contributed by atoms with Gasteiger partial charge in [-0.05, 0) is 25.3 Å². The molecule has 3 saturated heterocycles. The van der Waals surface area contributed by atoms with Crippen LogP contribution in [-0.4, -0.2) is 77.7 Å².